The molecule has 2 heterocycles. The molecule has 0 aliphatic heterocycles. The van der Waals surface area contributed by atoms with Crippen LogP contribution < -0.4 is 10.2 Å². The fraction of sp³-hybridized carbons (Fsp3) is 0.333. The molecular weight excluding hydrogens is 314 g/mol. The first-order chi connectivity index (χ1) is 10.0. The number of anilines is 1. The molecule has 0 fully saturated rings. The Morgan fingerprint density at radius 1 is 1.48 bits per heavy atom. The van der Waals surface area contributed by atoms with Gasteiger partial charge in [-0.05, 0) is 6.92 Å². The molecule has 0 radical (unpaired) electrons. The van der Waals surface area contributed by atoms with Gasteiger partial charge in [0, 0.05) is 18.0 Å². The molecule has 112 valence electrons. The van der Waals surface area contributed by atoms with Crippen molar-refractivity contribution in [2.24, 2.45) is 0 Å². The minimum atomic E-state index is -0.615. The number of ketones is 1. The Labute approximate surface area is 128 Å². The van der Waals surface area contributed by atoms with Gasteiger partial charge in [0.15, 0.2) is 16.6 Å². The lowest BCUT2D eigenvalue weighted by Crippen LogP contribution is -2.09. The van der Waals surface area contributed by atoms with Crippen LogP contribution in [0.3, 0.4) is 0 Å². The van der Waals surface area contributed by atoms with E-state index in [4.69, 9.17) is 4.74 Å². The van der Waals surface area contributed by atoms with Crippen molar-refractivity contribution >= 4 is 39.6 Å². The van der Waals surface area contributed by atoms with Crippen molar-refractivity contribution in [2.75, 3.05) is 11.9 Å². The first kappa shape index (κ1) is 15.4. The molecule has 0 saturated heterocycles. The van der Waals surface area contributed by atoms with Crippen LogP contribution in [-0.4, -0.2) is 28.3 Å². The van der Waals surface area contributed by atoms with Crippen LogP contribution in [0.2, 0.25) is 0 Å². The van der Waals surface area contributed by atoms with Crippen molar-refractivity contribution in [1.82, 2.24) is 9.97 Å². The second-order valence-corrected chi connectivity index (χ2v) is 5.84. The van der Waals surface area contributed by atoms with Crippen LogP contribution in [0.5, 0.6) is 0 Å². The highest BCUT2D eigenvalue weighted by Crippen LogP contribution is 2.24. The molecule has 0 aliphatic carbocycles. The second kappa shape index (κ2) is 6.64. The first-order valence-electron chi connectivity index (χ1n) is 6.10. The van der Waals surface area contributed by atoms with E-state index >= 15 is 0 Å². The van der Waals surface area contributed by atoms with Gasteiger partial charge in [-0.15, -0.1) is 0 Å². The summed E-state index contributed by atoms with van der Waals surface area (Å²) in [6.07, 6.45) is 0. The van der Waals surface area contributed by atoms with E-state index in [1.807, 2.05) is 0 Å². The molecule has 0 amide bonds. The number of carbonyl (C=O) groups excluding carboxylic acids is 2. The summed E-state index contributed by atoms with van der Waals surface area (Å²) in [6.45, 7) is 3.62. The predicted octanol–water partition coefficient (Wildman–Crippen LogP) is 1.88. The summed E-state index contributed by atoms with van der Waals surface area (Å²) in [5.41, 5.74) is 0.734. The number of Topliss-reactive ketones (excluding diaryl/α,β-unsaturated/α-hetero) is 1. The monoisotopic (exact) mass is 327 g/mol. The summed E-state index contributed by atoms with van der Waals surface area (Å²) < 4.78 is 4.88. The molecule has 0 saturated carbocycles. The van der Waals surface area contributed by atoms with Gasteiger partial charge < -0.3 is 15.0 Å². The van der Waals surface area contributed by atoms with Crippen LogP contribution in [0, 0.1) is 0 Å². The van der Waals surface area contributed by atoms with Crippen molar-refractivity contribution in [3.63, 3.8) is 0 Å². The van der Waals surface area contributed by atoms with E-state index in [-0.39, 0.29) is 27.8 Å². The van der Waals surface area contributed by atoms with E-state index in [0.717, 1.165) is 22.7 Å². The number of hydrogen-bond donors (Lipinski definition) is 2. The Balaban J connectivity index is 2.16. The molecular formula is C12H13N3O4S2. The maximum Gasteiger partial charge on any atom is 0.358 e. The van der Waals surface area contributed by atoms with Gasteiger partial charge in [-0.1, -0.05) is 22.7 Å². The average Bonchev–Trinajstić information content (AvgIpc) is 3.03. The summed E-state index contributed by atoms with van der Waals surface area (Å²) in [5, 5.41) is 5.09. The molecule has 9 heteroatoms. The van der Waals surface area contributed by atoms with Gasteiger partial charge in [0.25, 0.3) is 0 Å². The van der Waals surface area contributed by atoms with Crippen LogP contribution >= 0.6 is 22.7 Å². The maximum absolute atomic E-state index is 11.8. The maximum atomic E-state index is 11.8. The zero-order valence-electron chi connectivity index (χ0n) is 11.4. The number of nitrogens with zero attached hydrogens (tertiary/aromatic N) is 1. The van der Waals surface area contributed by atoms with Gasteiger partial charge in [0.1, 0.15) is 4.88 Å². The zero-order valence-corrected chi connectivity index (χ0v) is 13.0. The molecule has 0 atom stereocenters. The van der Waals surface area contributed by atoms with Crippen LogP contribution in [-0.2, 0) is 11.3 Å². The van der Waals surface area contributed by atoms with Crippen molar-refractivity contribution in [1.29, 1.82) is 0 Å². The number of aromatic nitrogens is 2. The van der Waals surface area contributed by atoms with E-state index in [9.17, 15) is 14.4 Å². The Morgan fingerprint density at radius 3 is 2.81 bits per heavy atom. The predicted molar refractivity (Wildman–Crippen MR) is 80.3 cm³/mol. The highest BCUT2D eigenvalue weighted by atomic mass is 32.1. The van der Waals surface area contributed by atoms with E-state index in [1.54, 1.807) is 12.3 Å². The molecule has 2 rings (SSSR count). The summed E-state index contributed by atoms with van der Waals surface area (Å²) in [4.78, 5) is 41.2. The van der Waals surface area contributed by atoms with Gasteiger partial charge >= 0.3 is 10.8 Å². The summed E-state index contributed by atoms with van der Waals surface area (Å²) >= 11 is 2.15. The Bertz CT molecular complexity index is 716. The number of H-pyrrole nitrogens is 1. The summed E-state index contributed by atoms with van der Waals surface area (Å²) in [5.74, 6) is -0.858. The third-order valence-corrected chi connectivity index (χ3v) is 4.25. The van der Waals surface area contributed by atoms with Gasteiger partial charge in [0.05, 0.1) is 13.2 Å². The smallest absolute Gasteiger partial charge is 0.358 e. The number of aromatic amines is 1. The van der Waals surface area contributed by atoms with E-state index in [1.165, 1.54) is 6.92 Å². The first-order valence-corrected chi connectivity index (χ1v) is 7.80. The van der Waals surface area contributed by atoms with Crippen molar-refractivity contribution in [3.05, 3.63) is 31.3 Å². The molecule has 2 aromatic rings. The summed E-state index contributed by atoms with van der Waals surface area (Å²) in [6, 6.07) is 0. The lowest BCUT2D eigenvalue weighted by Gasteiger charge is -1.99. The Hall–Kier alpha value is -2.00. The number of carbonyl (C=O) groups is 2. The van der Waals surface area contributed by atoms with Crippen molar-refractivity contribution < 1.29 is 14.3 Å². The molecule has 7 nitrogen and oxygen atoms in total. The van der Waals surface area contributed by atoms with E-state index in [0.29, 0.717) is 17.4 Å². The van der Waals surface area contributed by atoms with Crippen LogP contribution in [0.15, 0.2) is 10.2 Å². The van der Waals surface area contributed by atoms with E-state index in [2.05, 4.69) is 15.3 Å². The lowest BCUT2D eigenvalue weighted by atomic mass is 10.3. The number of nitrogens with one attached hydrogen (secondary N) is 2. The quantitative estimate of drug-likeness (QED) is 0.620. The van der Waals surface area contributed by atoms with Crippen molar-refractivity contribution in [3.8, 4) is 0 Å². The molecule has 2 N–H and O–H groups in total. The topological polar surface area (TPSA) is 101 Å². The average molecular weight is 327 g/mol. The SMILES string of the molecule is CCOC(=O)c1nc(NCc2csc(=O)[nH]2)sc1C(C)=O. The lowest BCUT2D eigenvalue weighted by molar-refractivity contribution is 0.0517. The third-order valence-electron chi connectivity index (χ3n) is 2.42. The summed E-state index contributed by atoms with van der Waals surface area (Å²) in [7, 11) is 0. The molecule has 2 aromatic heterocycles. The zero-order chi connectivity index (χ0) is 15.4. The third kappa shape index (κ3) is 3.76. The molecule has 21 heavy (non-hydrogen) atoms. The largest absolute Gasteiger partial charge is 0.461 e. The molecule has 0 spiro atoms. The molecule has 0 aliphatic rings. The Morgan fingerprint density at radius 2 is 2.24 bits per heavy atom. The Kier molecular flexibility index (Phi) is 4.86. The standard InChI is InChI=1S/C12H13N3O4S2/c1-3-19-10(17)8-9(6(2)16)21-11(15-8)13-4-7-5-20-12(18)14-7/h5H,3-4H2,1-2H3,(H,13,15)(H,14,18). The number of hydrogen-bond acceptors (Lipinski definition) is 8. The normalized spacial score (nSPS) is 10.4. The number of ether oxygens (including phenoxy) is 1. The number of rotatable bonds is 6. The van der Waals surface area contributed by atoms with Gasteiger partial charge in [-0.25, -0.2) is 9.78 Å². The molecule has 0 aromatic carbocycles. The highest BCUT2D eigenvalue weighted by molar-refractivity contribution is 7.17. The minimum absolute atomic E-state index is 0.0238. The molecule has 0 bridgehead atoms. The number of esters is 1. The van der Waals surface area contributed by atoms with Gasteiger partial charge in [0.2, 0.25) is 0 Å². The molecule has 0 unspecified atom stereocenters. The fourth-order valence-corrected chi connectivity index (χ4v) is 2.97. The van der Waals surface area contributed by atoms with E-state index < -0.39 is 5.97 Å². The van der Waals surface area contributed by atoms with Crippen LogP contribution in [0.25, 0.3) is 0 Å². The second-order valence-electron chi connectivity index (χ2n) is 4.00. The highest BCUT2D eigenvalue weighted by Gasteiger charge is 2.22. The minimum Gasteiger partial charge on any atom is -0.461 e. The fourth-order valence-electron chi connectivity index (χ4n) is 1.54. The van der Waals surface area contributed by atoms with Crippen LogP contribution in [0.1, 0.15) is 39.7 Å². The number of thiazole rings is 2. The van der Waals surface area contributed by atoms with Gasteiger partial charge in [-0.3, -0.25) is 9.59 Å². The van der Waals surface area contributed by atoms with Crippen molar-refractivity contribution in [2.45, 2.75) is 20.4 Å². The van der Waals surface area contributed by atoms with Gasteiger partial charge in [-0.2, -0.15) is 0 Å². The van der Waals surface area contributed by atoms with Crippen LogP contribution in [0.4, 0.5) is 5.13 Å².